The standard InChI is InChI=1S/C11H16N2O4/c1-3-4-5-8(11(15)16)13-10(14)9-7(2)12-6-17-9/h6,8H,3-5H2,1-2H3,(H,13,14)(H,15,16)/t8-/m0/s1. The highest BCUT2D eigenvalue weighted by molar-refractivity contribution is 5.94. The van der Waals surface area contributed by atoms with Crippen LogP contribution in [0.1, 0.15) is 42.4 Å². The van der Waals surface area contributed by atoms with Crippen molar-refractivity contribution in [3.8, 4) is 0 Å². The molecule has 0 fully saturated rings. The lowest BCUT2D eigenvalue weighted by atomic mass is 10.1. The Kier molecular flexibility index (Phi) is 4.68. The molecule has 1 aromatic rings. The summed E-state index contributed by atoms with van der Waals surface area (Å²) in [5, 5.41) is 11.4. The van der Waals surface area contributed by atoms with Gasteiger partial charge in [0.2, 0.25) is 5.76 Å². The van der Waals surface area contributed by atoms with E-state index in [0.717, 1.165) is 19.2 Å². The number of aryl methyl sites for hydroxylation is 1. The number of hydrogen-bond acceptors (Lipinski definition) is 4. The van der Waals surface area contributed by atoms with Crippen molar-refractivity contribution in [3.05, 3.63) is 17.8 Å². The van der Waals surface area contributed by atoms with Crippen molar-refractivity contribution in [2.45, 2.75) is 39.2 Å². The summed E-state index contributed by atoms with van der Waals surface area (Å²) in [5.41, 5.74) is 0.446. The minimum absolute atomic E-state index is 0.0627. The lowest BCUT2D eigenvalue weighted by Gasteiger charge is -2.12. The number of rotatable bonds is 6. The fourth-order valence-corrected chi connectivity index (χ4v) is 1.41. The molecule has 0 saturated heterocycles. The summed E-state index contributed by atoms with van der Waals surface area (Å²) in [6.45, 7) is 3.58. The Morgan fingerprint density at radius 2 is 2.29 bits per heavy atom. The zero-order chi connectivity index (χ0) is 12.8. The number of aliphatic carboxylic acids is 1. The van der Waals surface area contributed by atoms with Gasteiger partial charge in [0.1, 0.15) is 6.04 Å². The molecule has 0 aromatic carbocycles. The zero-order valence-electron chi connectivity index (χ0n) is 9.90. The van der Waals surface area contributed by atoms with Crippen molar-refractivity contribution in [3.63, 3.8) is 0 Å². The maximum absolute atomic E-state index is 11.7. The Balaban J connectivity index is 2.64. The average Bonchev–Trinajstić information content (AvgIpc) is 2.70. The van der Waals surface area contributed by atoms with Crippen molar-refractivity contribution in [1.29, 1.82) is 0 Å². The quantitative estimate of drug-likeness (QED) is 0.783. The summed E-state index contributed by atoms with van der Waals surface area (Å²) >= 11 is 0. The molecule has 0 spiro atoms. The minimum Gasteiger partial charge on any atom is -0.480 e. The van der Waals surface area contributed by atoms with Gasteiger partial charge < -0.3 is 14.8 Å². The summed E-state index contributed by atoms with van der Waals surface area (Å²) in [4.78, 5) is 26.4. The highest BCUT2D eigenvalue weighted by Crippen LogP contribution is 2.07. The van der Waals surface area contributed by atoms with E-state index in [2.05, 4.69) is 10.3 Å². The monoisotopic (exact) mass is 240 g/mol. The Bertz CT molecular complexity index is 400. The number of amides is 1. The van der Waals surface area contributed by atoms with Gasteiger partial charge in [-0.3, -0.25) is 4.79 Å². The summed E-state index contributed by atoms with van der Waals surface area (Å²) in [6.07, 6.45) is 3.18. The van der Waals surface area contributed by atoms with Gasteiger partial charge in [0.15, 0.2) is 6.39 Å². The molecule has 6 heteroatoms. The lowest BCUT2D eigenvalue weighted by molar-refractivity contribution is -0.139. The van der Waals surface area contributed by atoms with E-state index in [1.807, 2.05) is 6.92 Å². The van der Waals surface area contributed by atoms with Crippen molar-refractivity contribution >= 4 is 11.9 Å². The molecule has 1 aromatic heterocycles. The maximum Gasteiger partial charge on any atom is 0.326 e. The number of unbranched alkanes of at least 4 members (excludes halogenated alkanes) is 1. The first kappa shape index (κ1) is 13.2. The van der Waals surface area contributed by atoms with Crippen LogP contribution in [0.5, 0.6) is 0 Å². The summed E-state index contributed by atoms with van der Waals surface area (Å²) in [7, 11) is 0. The third-order valence-electron chi connectivity index (χ3n) is 2.40. The van der Waals surface area contributed by atoms with E-state index in [1.54, 1.807) is 6.92 Å². The molecule has 0 bridgehead atoms. The molecule has 0 radical (unpaired) electrons. The second-order valence-electron chi connectivity index (χ2n) is 3.77. The number of carbonyl (C=O) groups is 2. The van der Waals surface area contributed by atoms with Crippen LogP contribution in [0.4, 0.5) is 0 Å². The van der Waals surface area contributed by atoms with E-state index in [-0.39, 0.29) is 5.76 Å². The van der Waals surface area contributed by atoms with Crippen molar-refractivity contribution in [2.24, 2.45) is 0 Å². The molecule has 17 heavy (non-hydrogen) atoms. The number of carboxylic acid groups (broad SMARTS) is 1. The number of nitrogens with one attached hydrogen (secondary N) is 1. The molecule has 1 rings (SSSR count). The van der Waals surface area contributed by atoms with Gasteiger partial charge in [0.05, 0.1) is 5.69 Å². The van der Waals surface area contributed by atoms with E-state index < -0.39 is 17.9 Å². The zero-order valence-corrected chi connectivity index (χ0v) is 9.90. The fourth-order valence-electron chi connectivity index (χ4n) is 1.41. The number of aromatic nitrogens is 1. The molecule has 2 N–H and O–H groups in total. The summed E-state index contributed by atoms with van der Waals surface area (Å²) in [6, 6.07) is -0.882. The highest BCUT2D eigenvalue weighted by atomic mass is 16.4. The molecule has 0 unspecified atom stereocenters. The van der Waals surface area contributed by atoms with Gasteiger partial charge in [-0.05, 0) is 13.3 Å². The third-order valence-corrected chi connectivity index (χ3v) is 2.40. The van der Waals surface area contributed by atoms with Crippen LogP contribution < -0.4 is 5.32 Å². The van der Waals surface area contributed by atoms with Crippen LogP contribution in [0.2, 0.25) is 0 Å². The molecule has 1 heterocycles. The first-order valence-electron chi connectivity index (χ1n) is 5.50. The van der Waals surface area contributed by atoms with Gasteiger partial charge >= 0.3 is 5.97 Å². The molecular weight excluding hydrogens is 224 g/mol. The predicted octanol–water partition coefficient (Wildman–Crippen LogP) is 1.36. The number of carbonyl (C=O) groups excluding carboxylic acids is 1. The van der Waals surface area contributed by atoms with Crippen LogP contribution in [-0.2, 0) is 4.79 Å². The first-order valence-corrected chi connectivity index (χ1v) is 5.50. The molecule has 0 aliphatic carbocycles. The van der Waals surface area contributed by atoms with Crippen LogP contribution in [0.25, 0.3) is 0 Å². The average molecular weight is 240 g/mol. The van der Waals surface area contributed by atoms with Crippen LogP contribution in [0.3, 0.4) is 0 Å². The second-order valence-corrected chi connectivity index (χ2v) is 3.77. The Morgan fingerprint density at radius 1 is 1.59 bits per heavy atom. The number of nitrogens with zero attached hydrogens (tertiary/aromatic N) is 1. The normalized spacial score (nSPS) is 12.1. The lowest BCUT2D eigenvalue weighted by Crippen LogP contribution is -2.40. The Labute approximate surface area is 99.0 Å². The Morgan fingerprint density at radius 3 is 2.76 bits per heavy atom. The van der Waals surface area contributed by atoms with Gasteiger partial charge in [-0.25, -0.2) is 9.78 Å². The van der Waals surface area contributed by atoms with Gasteiger partial charge in [-0.1, -0.05) is 19.8 Å². The molecule has 1 atom stereocenters. The SMILES string of the molecule is CCCC[C@H](NC(=O)c1ocnc1C)C(=O)O. The number of carboxylic acids is 1. The van der Waals surface area contributed by atoms with E-state index in [4.69, 9.17) is 9.52 Å². The van der Waals surface area contributed by atoms with E-state index in [1.165, 1.54) is 0 Å². The Hall–Kier alpha value is -1.85. The predicted molar refractivity (Wildman–Crippen MR) is 59.7 cm³/mol. The van der Waals surface area contributed by atoms with Crippen LogP contribution in [0.15, 0.2) is 10.8 Å². The highest BCUT2D eigenvalue weighted by Gasteiger charge is 2.22. The smallest absolute Gasteiger partial charge is 0.326 e. The topological polar surface area (TPSA) is 92.4 Å². The molecule has 6 nitrogen and oxygen atoms in total. The van der Waals surface area contributed by atoms with Gasteiger partial charge in [-0.15, -0.1) is 0 Å². The molecule has 1 amide bonds. The van der Waals surface area contributed by atoms with E-state index >= 15 is 0 Å². The molecule has 0 aliphatic rings. The number of oxazole rings is 1. The summed E-state index contributed by atoms with van der Waals surface area (Å²) < 4.78 is 4.90. The molecule has 0 aliphatic heterocycles. The third kappa shape index (κ3) is 3.58. The van der Waals surface area contributed by atoms with Crippen LogP contribution in [0, 0.1) is 6.92 Å². The van der Waals surface area contributed by atoms with Gasteiger partial charge in [-0.2, -0.15) is 0 Å². The maximum atomic E-state index is 11.7. The second kappa shape index (κ2) is 6.03. The van der Waals surface area contributed by atoms with E-state index in [9.17, 15) is 9.59 Å². The van der Waals surface area contributed by atoms with Gasteiger partial charge in [0.25, 0.3) is 5.91 Å². The largest absolute Gasteiger partial charge is 0.480 e. The van der Waals surface area contributed by atoms with Crippen molar-refractivity contribution in [2.75, 3.05) is 0 Å². The fraction of sp³-hybridized carbons (Fsp3) is 0.545. The van der Waals surface area contributed by atoms with Crippen LogP contribution >= 0.6 is 0 Å². The number of hydrogen-bond donors (Lipinski definition) is 2. The van der Waals surface area contributed by atoms with Crippen LogP contribution in [-0.4, -0.2) is 28.0 Å². The van der Waals surface area contributed by atoms with Crippen molar-refractivity contribution in [1.82, 2.24) is 10.3 Å². The molecular formula is C11H16N2O4. The van der Waals surface area contributed by atoms with Gasteiger partial charge in [0, 0.05) is 0 Å². The van der Waals surface area contributed by atoms with Crippen molar-refractivity contribution < 1.29 is 19.1 Å². The molecule has 94 valence electrons. The molecule has 0 saturated carbocycles. The first-order chi connectivity index (χ1) is 8.06. The summed E-state index contributed by atoms with van der Waals surface area (Å²) in [5.74, 6) is -1.51. The van der Waals surface area contributed by atoms with E-state index in [0.29, 0.717) is 12.1 Å². The minimum atomic E-state index is -1.04.